The van der Waals surface area contributed by atoms with Crippen molar-refractivity contribution in [2.24, 2.45) is 0 Å². The van der Waals surface area contributed by atoms with Crippen LogP contribution in [0.3, 0.4) is 0 Å². The molecule has 5 aromatic rings. The lowest BCUT2D eigenvalue weighted by atomic mass is 10.2. The fraction of sp³-hybridized carbons (Fsp3) is 0.306. The Hall–Kier alpha value is -5.05. The summed E-state index contributed by atoms with van der Waals surface area (Å²) < 4.78 is 20.0. The van der Waals surface area contributed by atoms with Gasteiger partial charge in [-0.1, -0.05) is 60.7 Å². The number of piperazine rings is 1. The van der Waals surface area contributed by atoms with Crippen LogP contribution in [-0.2, 0) is 18.0 Å². The Kier molecular flexibility index (Phi) is 8.60. The zero-order chi connectivity index (χ0) is 31.4. The molecule has 9 nitrogen and oxygen atoms in total. The molecule has 45 heavy (non-hydrogen) atoms. The van der Waals surface area contributed by atoms with E-state index in [4.69, 9.17) is 24.2 Å². The number of pyridine rings is 1. The standard InChI is InChI=1S/C36H39N5O4/c1-26-37-30-23-29(39-19-21-40(22-20-39)35(42)45-36(2,3)4)15-16-31(30)41(26)32-17-18-33(43-24-27-11-7-5-8-12-27)38-34(32)44-25-28-13-9-6-10-14-28/h5-18,23H,19-22,24-25H2,1-4H3. The third kappa shape index (κ3) is 7.20. The molecule has 3 heterocycles. The quantitative estimate of drug-likeness (QED) is 0.189. The predicted molar refractivity (Wildman–Crippen MR) is 175 cm³/mol. The number of hydrogen-bond donors (Lipinski definition) is 0. The Bertz CT molecular complexity index is 1760. The van der Waals surface area contributed by atoms with Crippen LogP contribution in [-0.4, -0.2) is 57.3 Å². The monoisotopic (exact) mass is 605 g/mol. The number of fused-ring (bicyclic) bond motifs is 1. The number of rotatable bonds is 8. The van der Waals surface area contributed by atoms with Crippen LogP contribution < -0.4 is 14.4 Å². The van der Waals surface area contributed by atoms with Gasteiger partial charge in [-0.25, -0.2) is 9.78 Å². The van der Waals surface area contributed by atoms with E-state index in [9.17, 15) is 4.79 Å². The molecular weight excluding hydrogens is 566 g/mol. The minimum atomic E-state index is -0.507. The van der Waals surface area contributed by atoms with Gasteiger partial charge in [0.2, 0.25) is 11.8 Å². The van der Waals surface area contributed by atoms with E-state index in [1.54, 1.807) is 4.90 Å². The minimum Gasteiger partial charge on any atom is -0.473 e. The van der Waals surface area contributed by atoms with E-state index in [0.717, 1.165) is 52.4 Å². The van der Waals surface area contributed by atoms with Crippen LogP contribution in [0.5, 0.6) is 11.8 Å². The number of ether oxygens (including phenoxy) is 3. The molecule has 1 aliphatic rings. The summed E-state index contributed by atoms with van der Waals surface area (Å²) in [5, 5.41) is 0. The molecule has 0 unspecified atom stereocenters. The second-order valence-corrected chi connectivity index (χ2v) is 12.1. The number of aryl methyl sites for hydroxylation is 1. The van der Waals surface area contributed by atoms with Gasteiger partial charge in [0.25, 0.3) is 0 Å². The van der Waals surface area contributed by atoms with Crippen LogP contribution in [0.2, 0.25) is 0 Å². The zero-order valence-corrected chi connectivity index (χ0v) is 26.3. The van der Waals surface area contributed by atoms with Crippen molar-refractivity contribution in [2.75, 3.05) is 31.1 Å². The summed E-state index contributed by atoms with van der Waals surface area (Å²) in [6.07, 6.45) is -0.262. The normalized spacial score (nSPS) is 13.6. The van der Waals surface area contributed by atoms with Gasteiger partial charge in [0.05, 0.1) is 11.0 Å². The van der Waals surface area contributed by atoms with Crippen LogP contribution in [0.4, 0.5) is 10.5 Å². The lowest BCUT2D eigenvalue weighted by Crippen LogP contribution is -2.50. The van der Waals surface area contributed by atoms with Crippen LogP contribution in [0, 0.1) is 6.92 Å². The van der Waals surface area contributed by atoms with E-state index >= 15 is 0 Å². The summed E-state index contributed by atoms with van der Waals surface area (Å²) in [6.45, 7) is 11.1. The summed E-state index contributed by atoms with van der Waals surface area (Å²) in [5.74, 6) is 1.77. The van der Waals surface area contributed by atoms with Crippen LogP contribution in [0.25, 0.3) is 16.7 Å². The Morgan fingerprint density at radius 2 is 1.42 bits per heavy atom. The third-order valence-corrected chi connectivity index (χ3v) is 7.61. The molecule has 0 spiro atoms. The van der Waals surface area contributed by atoms with Gasteiger partial charge in [0.1, 0.15) is 30.3 Å². The first-order chi connectivity index (χ1) is 21.7. The predicted octanol–water partition coefficient (Wildman–Crippen LogP) is 6.94. The number of aromatic nitrogens is 3. The van der Waals surface area contributed by atoms with E-state index in [-0.39, 0.29) is 6.09 Å². The first-order valence-electron chi connectivity index (χ1n) is 15.3. The maximum Gasteiger partial charge on any atom is 0.410 e. The summed E-state index contributed by atoms with van der Waals surface area (Å²) in [5.41, 5.74) is 5.29. The van der Waals surface area contributed by atoms with E-state index in [0.29, 0.717) is 38.1 Å². The average Bonchev–Trinajstić information content (AvgIpc) is 3.37. The number of nitrogens with zero attached hydrogens (tertiary/aromatic N) is 5. The number of amides is 1. The molecule has 1 fully saturated rings. The molecule has 2 aromatic heterocycles. The molecule has 0 bridgehead atoms. The molecule has 1 saturated heterocycles. The van der Waals surface area contributed by atoms with Gasteiger partial charge in [-0.2, -0.15) is 4.98 Å². The van der Waals surface area contributed by atoms with Crippen molar-refractivity contribution in [1.82, 2.24) is 19.4 Å². The number of carbonyl (C=O) groups excluding carboxylic acids is 1. The first kappa shape index (κ1) is 30.0. The molecule has 232 valence electrons. The Morgan fingerprint density at radius 3 is 2.07 bits per heavy atom. The third-order valence-electron chi connectivity index (χ3n) is 7.61. The number of anilines is 1. The average molecular weight is 606 g/mol. The van der Waals surface area contributed by atoms with Gasteiger partial charge < -0.3 is 24.0 Å². The minimum absolute atomic E-state index is 0.262. The van der Waals surface area contributed by atoms with Crippen molar-refractivity contribution in [1.29, 1.82) is 0 Å². The molecule has 0 radical (unpaired) electrons. The van der Waals surface area contributed by atoms with Crippen molar-refractivity contribution in [3.05, 3.63) is 108 Å². The molecule has 0 atom stereocenters. The maximum atomic E-state index is 12.5. The highest BCUT2D eigenvalue weighted by atomic mass is 16.6. The molecular formula is C36H39N5O4. The SMILES string of the molecule is Cc1nc2cc(N3CCN(C(=O)OC(C)(C)C)CC3)ccc2n1-c1ccc(OCc2ccccc2)nc1OCc1ccccc1. The highest BCUT2D eigenvalue weighted by Crippen LogP contribution is 2.32. The number of carbonyl (C=O) groups is 1. The highest BCUT2D eigenvalue weighted by molar-refractivity contribution is 5.83. The van der Waals surface area contributed by atoms with Gasteiger partial charge in [-0.3, -0.25) is 4.57 Å². The largest absolute Gasteiger partial charge is 0.473 e. The van der Waals surface area contributed by atoms with Crippen molar-refractivity contribution >= 4 is 22.8 Å². The Morgan fingerprint density at radius 1 is 0.778 bits per heavy atom. The molecule has 3 aromatic carbocycles. The molecule has 1 aliphatic heterocycles. The van der Waals surface area contributed by atoms with Crippen LogP contribution >= 0.6 is 0 Å². The fourth-order valence-corrected chi connectivity index (χ4v) is 5.39. The smallest absolute Gasteiger partial charge is 0.410 e. The highest BCUT2D eigenvalue weighted by Gasteiger charge is 2.26. The van der Waals surface area contributed by atoms with Gasteiger partial charge in [0, 0.05) is 37.9 Å². The maximum absolute atomic E-state index is 12.5. The fourth-order valence-electron chi connectivity index (χ4n) is 5.39. The van der Waals surface area contributed by atoms with E-state index < -0.39 is 5.60 Å². The second-order valence-electron chi connectivity index (χ2n) is 12.1. The molecule has 1 amide bonds. The Balaban J connectivity index is 1.24. The lowest BCUT2D eigenvalue weighted by Gasteiger charge is -2.36. The van der Waals surface area contributed by atoms with Crippen molar-refractivity contribution in [2.45, 2.75) is 46.5 Å². The van der Waals surface area contributed by atoms with Crippen LogP contribution in [0.1, 0.15) is 37.7 Å². The van der Waals surface area contributed by atoms with Gasteiger partial charge in [-0.15, -0.1) is 0 Å². The van der Waals surface area contributed by atoms with Gasteiger partial charge in [0.15, 0.2) is 0 Å². The first-order valence-corrected chi connectivity index (χ1v) is 15.3. The van der Waals surface area contributed by atoms with Crippen LogP contribution in [0.15, 0.2) is 91.0 Å². The van der Waals surface area contributed by atoms with Crippen molar-refractivity contribution in [3.63, 3.8) is 0 Å². The number of benzene rings is 3. The molecule has 0 aliphatic carbocycles. The summed E-state index contributed by atoms with van der Waals surface area (Å²) in [6, 6.07) is 30.2. The topological polar surface area (TPSA) is 82.0 Å². The lowest BCUT2D eigenvalue weighted by molar-refractivity contribution is 0.0240. The molecule has 6 rings (SSSR count). The summed E-state index contributed by atoms with van der Waals surface area (Å²) in [7, 11) is 0. The van der Waals surface area contributed by atoms with E-state index in [1.807, 2.05) is 100 Å². The van der Waals surface area contributed by atoms with Crippen molar-refractivity contribution in [3.8, 4) is 17.4 Å². The van der Waals surface area contributed by atoms with Gasteiger partial charge >= 0.3 is 6.09 Å². The van der Waals surface area contributed by atoms with E-state index in [1.165, 1.54) is 0 Å². The molecule has 0 N–H and O–H groups in total. The zero-order valence-electron chi connectivity index (χ0n) is 26.3. The van der Waals surface area contributed by atoms with E-state index in [2.05, 4.69) is 27.7 Å². The van der Waals surface area contributed by atoms with Crippen molar-refractivity contribution < 1.29 is 19.0 Å². The summed E-state index contributed by atoms with van der Waals surface area (Å²) in [4.78, 5) is 26.3. The Labute approximate surface area is 264 Å². The second kappa shape index (κ2) is 12.9. The summed E-state index contributed by atoms with van der Waals surface area (Å²) >= 11 is 0. The number of imidazole rings is 1. The number of hydrogen-bond acceptors (Lipinski definition) is 7. The molecule has 0 saturated carbocycles. The molecule has 9 heteroatoms. The van der Waals surface area contributed by atoms with Gasteiger partial charge in [-0.05, 0) is 63.1 Å².